The van der Waals surface area contributed by atoms with Crippen LogP contribution in [0.25, 0.3) is 11.0 Å². The van der Waals surface area contributed by atoms with Gasteiger partial charge >= 0.3 is 6.09 Å². The first-order valence-corrected chi connectivity index (χ1v) is 11.2. The second-order valence-corrected chi connectivity index (χ2v) is 8.07. The Morgan fingerprint density at radius 1 is 1.21 bits per heavy atom. The van der Waals surface area contributed by atoms with Crippen molar-refractivity contribution in [2.24, 2.45) is 0 Å². The number of aliphatic hydroxyl groups excluding tert-OH is 1. The highest BCUT2D eigenvalue weighted by Gasteiger charge is 2.32. The van der Waals surface area contributed by atoms with Crippen molar-refractivity contribution in [2.45, 2.75) is 18.6 Å². The molecule has 2 aromatic heterocycles. The van der Waals surface area contributed by atoms with Crippen molar-refractivity contribution < 1.29 is 28.8 Å². The summed E-state index contributed by atoms with van der Waals surface area (Å²) in [6, 6.07) is 10.7. The summed E-state index contributed by atoms with van der Waals surface area (Å²) in [5.74, 6) is 1.77. The van der Waals surface area contributed by atoms with Crippen LogP contribution in [0.5, 0.6) is 17.4 Å². The van der Waals surface area contributed by atoms with Gasteiger partial charge in [0, 0.05) is 30.4 Å². The highest BCUT2D eigenvalue weighted by Crippen LogP contribution is 2.35. The summed E-state index contributed by atoms with van der Waals surface area (Å²) in [6.07, 6.45) is 0.701. The Morgan fingerprint density at radius 2 is 2.06 bits per heavy atom. The van der Waals surface area contributed by atoms with Gasteiger partial charge in [0.05, 0.1) is 36.5 Å². The molecular weight excluding hydrogens is 440 g/mol. The molecule has 4 heterocycles. The molecule has 0 saturated carbocycles. The minimum absolute atomic E-state index is 0.300. The van der Waals surface area contributed by atoms with Gasteiger partial charge in [-0.15, -0.1) is 0 Å². The molecule has 1 fully saturated rings. The number of fused-ring (bicyclic) bond motifs is 2. The summed E-state index contributed by atoms with van der Waals surface area (Å²) >= 11 is 0. The molecule has 2 atom stereocenters. The summed E-state index contributed by atoms with van der Waals surface area (Å²) in [4.78, 5) is 22.7. The van der Waals surface area contributed by atoms with Crippen molar-refractivity contribution >= 4 is 22.8 Å². The number of hydrogen-bond donors (Lipinski definition) is 2. The molecule has 3 aromatic rings. The predicted octanol–water partition coefficient (Wildman–Crippen LogP) is 2.45. The molecule has 0 spiro atoms. The Kier molecular flexibility index (Phi) is 6.33. The van der Waals surface area contributed by atoms with E-state index >= 15 is 0 Å². The average Bonchev–Trinajstić information content (AvgIpc) is 3.25. The lowest BCUT2D eigenvalue weighted by Gasteiger charge is -2.21. The highest BCUT2D eigenvalue weighted by molar-refractivity contribution is 5.90. The van der Waals surface area contributed by atoms with Gasteiger partial charge < -0.3 is 29.4 Å². The second-order valence-electron chi connectivity index (χ2n) is 8.07. The van der Waals surface area contributed by atoms with Crippen molar-refractivity contribution in [1.82, 2.24) is 15.3 Å². The number of ether oxygens (including phenoxy) is 4. The maximum absolute atomic E-state index is 12.4. The Hall–Kier alpha value is -3.63. The van der Waals surface area contributed by atoms with Crippen LogP contribution in [0.3, 0.4) is 0 Å². The number of nitrogens with one attached hydrogen (secondary N) is 1. The lowest BCUT2D eigenvalue weighted by Crippen LogP contribution is -2.32. The van der Waals surface area contributed by atoms with Crippen LogP contribution in [0.1, 0.15) is 18.1 Å². The van der Waals surface area contributed by atoms with Gasteiger partial charge in [-0.25, -0.2) is 9.78 Å². The van der Waals surface area contributed by atoms with Crippen LogP contribution < -0.4 is 24.4 Å². The van der Waals surface area contributed by atoms with Crippen LogP contribution in [0, 0.1) is 0 Å². The lowest BCUT2D eigenvalue weighted by atomic mass is 10.1. The molecule has 2 aliphatic rings. The number of carbonyl (C=O) groups excluding carboxylic acids is 1. The zero-order chi connectivity index (χ0) is 23.5. The van der Waals surface area contributed by atoms with Crippen molar-refractivity contribution in [3.05, 3.63) is 48.2 Å². The van der Waals surface area contributed by atoms with Crippen molar-refractivity contribution in [3.63, 3.8) is 0 Å². The predicted molar refractivity (Wildman–Crippen MR) is 124 cm³/mol. The first kappa shape index (κ1) is 22.2. The molecule has 10 heteroatoms. The minimum Gasteiger partial charge on any atom is -0.486 e. The molecule has 2 N–H and O–H groups in total. The fourth-order valence-electron chi connectivity index (χ4n) is 4.11. The maximum atomic E-state index is 12.4. The van der Waals surface area contributed by atoms with E-state index in [-0.39, 0.29) is 6.10 Å². The number of anilines is 1. The van der Waals surface area contributed by atoms with Gasteiger partial charge in [0.2, 0.25) is 5.88 Å². The number of rotatable bonds is 8. The number of nitrogens with zero attached hydrogens (tertiary/aromatic N) is 3. The number of methoxy groups -OCH3 is 1. The van der Waals surface area contributed by atoms with E-state index in [4.69, 9.17) is 18.9 Å². The second kappa shape index (κ2) is 9.70. The summed E-state index contributed by atoms with van der Waals surface area (Å²) < 4.78 is 21.8. The zero-order valence-electron chi connectivity index (χ0n) is 18.8. The van der Waals surface area contributed by atoms with Crippen LogP contribution in [0.2, 0.25) is 0 Å². The first-order chi connectivity index (χ1) is 16.6. The van der Waals surface area contributed by atoms with Gasteiger partial charge in [0.1, 0.15) is 19.3 Å². The average molecular weight is 466 g/mol. The summed E-state index contributed by atoms with van der Waals surface area (Å²) in [7, 11) is 1.55. The summed E-state index contributed by atoms with van der Waals surface area (Å²) in [5.41, 5.74) is 2.72. The number of aliphatic hydroxyl groups is 1. The summed E-state index contributed by atoms with van der Waals surface area (Å²) in [5, 5.41) is 14.0. The third-order valence-corrected chi connectivity index (χ3v) is 5.84. The third kappa shape index (κ3) is 4.55. The van der Waals surface area contributed by atoms with E-state index in [1.165, 1.54) is 0 Å². The largest absolute Gasteiger partial charge is 0.486 e. The molecule has 0 aliphatic carbocycles. The number of pyridine rings is 2. The molecule has 1 amide bonds. The Labute approximate surface area is 196 Å². The molecule has 2 aliphatic heterocycles. The summed E-state index contributed by atoms with van der Waals surface area (Å²) in [6.45, 7) is 2.43. The normalized spacial score (nSPS) is 18.1. The van der Waals surface area contributed by atoms with Crippen LogP contribution >= 0.6 is 0 Å². The molecule has 178 valence electrons. The molecule has 0 unspecified atom stereocenters. The van der Waals surface area contributed by atoms with Crippen LogP contribution in [-0.2, 0) is 4.74 Å². The van der Waals surface area contributed by atoms with Crippen molar-refractivity contribution in [1.29, 1.82) is 0 Å². The van der Waals surface area contributed by atoms with Crippen molar-refractivity contribution in [3.8, 4) is 17.4 Å². The molecule has 0 radical (unpaired) electrons. The van der Waals surface area contributed by atoms with E-state index in [0.29, 0.717) is 78.9 Å². The number of carbonyl (C=O) groups is 1. The number of cyclic esters (lactones) is 1. The van der Waals surface area contributed by atoms with E-state index in [1.54, 1.807) is 42.5 Å². The minimum atomic E-state index is -0.724. The van der Waals surface area contributed by atoms with Gasteiger partial charge in [-0.2, -0.15) is 0 Å². The highest BCUT2D eigenvalue weighted by atomic mass is 16.6. The smallest absolute Gasteiger partial charge is 0.414 e. The van der Waals surface area contributed by atoms with Crippen LogP contribution in [-0.4, -0.2) is 67.2 Å². The fraction of sp³-hybridized carbons (Fsp3) is 0.375. The quantitative estimate of drug-likeness (QED) is 0.483. The molecule has 1 aromatic carbocycles. The standard InChI is InChI=1S/C24H26N4O6/c1-31-22-5-3-18-23(27-22)17(6-9-26-18)19(29)7-8-25-13-16-14-28(24(30)34-16)15-2-4-20-21(12-15)33-11-10-32-20/h2-6,9,12,16,19,25,29H,7-8,10-11,13-14H2,1H3/t16-,19-/m1/s1. The first-order valence-electron chi connectivity index (χ1n) is 11.2. The molecule has 34 heavy (non-hydrogen) atoms. The van der Waals surface area contributed by atoms with Gasteiger partial charge in [0.15, 0.2) is 11.5 Å². The fourth-order valence-corrected chi connectivity index (χ4v) is 4.11. The van der Waals surface area contributed by atoms with E-state index in [0.717, 1.165) is 0 Å². The van der Waals surface area contributed by atoms with E-state index in [1.807, 2.05) is 12.1 Å². The molecular formula is C24H26N4O6. The van der Waals surface area contributed by atoms with Gasteiger partial charge in [-0.1, -0.05) is 0 Å². The zero-order valence-corrected chi connectivity index (χ0v) is 18.8. The van der Waals surface area contributed by atoms with Gasteiger partial charge in [-0.05, 0) is 37.2 Å². The topological polar surface area (TPSA) is 115 Å². The molecule has 10 nitrogen and oxygen atoms in total. The monoisotopic (exact) mass is 466 g/mol. The lowest BCUT2D eigenvalue weighted by molar-refractivity contribution is 0.136. The van der Waals surface area contributed by atoms with E-state index in [2.05, 4.69) is 15.3 Å². The molecule has 0 bridgehead atoms. The molecule has 5 rings (SSSR count). The van der Waals surface area contributed by atoms with E-state index < -0.39 is 12.2 Å². The Morgan fingerprint density at radius 3 is 2.91 bits per heavy atom. The molecule has 1 saturated heterocycles. The van der Waals surface area contributed by atoms with E-state index in [9.17, 15) is 9.90 Å². The van der Waals surface area contributed by atoms with Crippen LogP contribution in [0.4, 0.5) is 10.5 Å². The van der Waals surface area contributed by atoms with Gasteiger partial charge in [0.25, 0.3) is 0 Å². The maximum Gasteiger partial charge on any atom is 0.414 e. The van der Waals surface area contributed by atoms with Crippen molar-refractivity contribution in [2.75, 3.05) is 44.9 Å². The van der Waals surface area contributed by atoms with Gasteiger partial charge in [-0.3, -0.25) is 9.88 Å². The number of amides is 1. The van der Waals surface area contributed by atoms with Crippen LogP contribution in [0.15, 0.2) is 42.6 Å². The Bertz CT molecular complexity index is 1190. The number of benzene rings is 1. The number of hydrogen-bond acceptors (Lipinski definition) is 9. The Balaban J connectivity index is 1.14. The SMILES string of the molecule is COc1ccc2nccc([C@H](O)CCNC[C@@H]3CN(c4ccc5c(c4)OCCO5)C(=O)O3)c2n1. The number of aromatic nitrogens is 2. The third-order valence-electron chi connectivity index (χ3n) is 5.84.